The fraction of sp³-hybridized carbons (Fsp3) is 0.929. The van der Waals surface area contributed by atoms with Gasteiger partial charge in [-0.3, -0.25) is 9.69 Å². The van der Waals surface area contributed by atoms with Gasteiger partial charge in [0.25, 0.3) is 0 Å². The lowest BCUT2D eigenvalue weighted by molar-refractivity contribution is -0.129. The molecule has 0 atom stereocenters. The van der Waals surface area contributed by atoms with Gasteiger partial charge in [-0.2, -0.15) is 0 Å². The summed E-state index contributed by atoms with van der Waals surface area (Å²) in [5.41, 5.74) is 5.40. The van der Waals surface area contributed by atoms with Gasteiger partial charge in [0.05, 0.1) is 5.54 Å². The van der Waals surface area contributed by atoms with Crippen LogP contribution in [0.4, 0.5) is 0 Å². The van der Waals surface area contributed by atoms with Crippen LogP contribution >= 0.6 is 0 Å². The summed E-state index contributed by atoms with van der Waals surface area (Å²) in [5.74, 6) is -0.0386. The molecule has 5 heteroatoms. The van der Waals surface area contributed by atoms with Gasteiger partial charge in [0.1, 0.15) is 0 Å². The van der Waals surface area contributed by atoms with Gasteiger partial charge in [0.15, 0.2) is 0 Å². The molecule has 1 saturated heterocycles. The Kier molecular flexibility index (Phi) is 6.23. The Bertz CT molecular complexity index is 278. The molecule has 1 rings (SSSR count). The van der Waals surface area contributed by atoms with Crippen LogP contribution in [0.15, 0.2) is 0 Å². The van der Waals surface area contributed by atoms with E-state index in [-0.39, 0.29) is 5.91 Å². The van der Waals surface area contributed by atoms with Crippen molar-refractivity contribution < 1.29 is 9.53 Å². The van der Waals surface area contributed by atoms with Crippen LogP contribution in [0.3, 0.4) is 0 Å². The van der Waals surface area contributed by atoms with Crippen molar-refractivity contribution in [3.05, 3.63) is 0 Å². The summed E-state index contributed by atoms with van der Waals surface area (Å²) < 4.78 is 5.25. The van der Waals surface area contributed by atoms with Crippen LogP contribution in [0.25, 0.3) is 0 Å². The molecule has 0 aromatic carbocycles. The van der Waals surface area contributed by atoms with Crippen LogP contribution < -0.4 is 11.1 Å². The molecule has 3 N–H and O–H groups in total. The van der Waals surface area contributed by atoms with Gasteiger partial charge in [-0.1, -0.05) is 0 Å². The van der Waals surface area contributed by atoms with E-state index in [9.17, 15) is 4.79 Å². The number of amides is 1. The Balaban J connectivity index is 2.37. The molecule has 1 aliphatic heterocycles. The second-order valence-corrected chi connectivity index (χ2v) is 5.95. The van der Waals surface area contributed by atoms with E-state index < -0.39 is 5.54 Å². The Labute approximate surface area is 116 Å². The minimum Gasteiger partial charge on any atom is -0.381 e. The number of ether oxygens (including phenoxy) is 1. The second kappa shape index (κ2) is 7.22. The molecule has 0 radical (unpaired) electrons. The standard InChI is InChI=1S/C14H29N3O2/c1-11(2)17(12(3)4)8-7-16-13(18)14(15)5-9-19-10-6-14/h11-12H,5-10,15H2,1-4H3,(H,16,18). The molecule has 0 bridgehead atoms. The first kappa shape index (κ1) is 16.4. The number of hydrogen-bond acceptors (Lipinski definition) is 4. The summed E-state index contributed by atoms with van der Waals surface area (Å²) >= 11 is 0. The number of hydrogen-bond donors (Lipinski definition) is 2. The maximum atomic E-state index is 12.1. The normalized spacial score (nSPS) is 19.2. The SMILES string of the molecule is CC(C)N(CCNC(=O)C1(N)CCOCC1)C(C)C. The molecule has 1 aliphatic rings. The predicted molar refractivity (Wildman–Crippen MR) is 77.0 cm³/mol. The van der Waals surface area contributed by atoms with Gasteiger partial charge in [-0.15, -0.1) is 0 Å². The lowest BCUT2D eigenvalue weighted by Gasteiger charge is -2.33. The fourth-order valence-electron chi connectivity index (χ4n) is 2.55. The van der Waals surface area contributed by atoms with E-state index in [0.29, 0.717) is 44.7 Å². The van der Waals surface area contributed by atoms with Crippen LogP contribution in [-0.4, -0.2) is 54.7 Å². The second-order valence-electron chi connectivity index (χ2n) is 5.95. The van der Waals surface area contributed by atoms with Crippen molar-refractivity contribution in [1.82, 2.24) is 10.2 Å². The van der Waals surface area contributed by atoms with E-state index in [2.05, 4.69) is 37.9 Å². The van der Waals surface area contributed by atoms with Gasteiger partial charge in [-0.05, 0) is 40.5 Å². The maximum Gasteiger partial charge on any atom is 0.240 e. The van der Waals surface area contributed by atoms with Gasteiger partial charge in [0.2, 0.25) is 5.91 Å². The van der Waals surface area contributed by atoms with E-state index in [1.807, 2.05) is 0 Å². The zero-order valence-electron chi connectivity index (χ0n) is 12.7. The first-order chi connectivity index (χ1) is 8.87. The molecule has 0 aromatic rings. The molecule has 5 nitrogen and oxygen atoms in total. The van der Waals surface area contributed by atoms with E-state index in [0.717, 1.165) is 6.54 Å². The Morgan fingerprint density at radius 3 is 2.26 bits per heavy atom. The third-order valence-corrected chi connectivity index (χ3v) is 3.82. The molecule has 1 fully saturated rings. The quantitative estimate of drug-likeness (QED) is 0.747. The molecule has 0 unspecified atom stereocenters. The van der Waals surface area contributed by atoms with E-state index in [4.69, 9.17) is 10.5 Å². The monoisotopic (exact) mass is 271 g/mol. The minimum atomic E-state index is -0.737. The van der Waals surface area contributed by atoms with Crippen LogP contribution in [0.2, 0.25) is 0 Å². The van der Waals surface area contributed by atoms with Crippen molar-refractivity contribution in [3.8, 4) is 0 Å². The summed E-state index contributed by atoms with van der Waals surface area (Å²) in [6, 6.07) is 0.957. The average molecular weight is 271 g/mol. The van der Waals surface area contributed by atoms with Crippen molar-refractivity contribution in [2.45, 2.75) is 58.2 Å². The first-order valence-electron chi connectivity index (χ1n) is 7.27. The van der Waals surface area contributed by atoms with E-state index >= 15 is 0 Å². The predicted octanol–water partition coefficient (Wildman–Crippen LogP) is 0.729. The van der Waals surface area contributed by atoms with Crippen LogP contribution in [0.5, 0.6) is 0 Å². The number of carbonyl (C=O) groups is 1. The Morgan fingerprint density at radius 2 is 1.79 bits per heavy atom. The van der Waals surface area contributed by atoms with E-state index in [1.54, 1.807) is 0 Å². The molecule has 19 heavy (non-hydrogen) atoms. The number of nitrogens with zero attached hydrogens (tertiary/aromatic N) is 1. The molecular formula is C14H29N3O2. The zero-order valence-corrected chi connectivity index (χ0v) is 12.7. The van der Waals surface area contributed by atoms with Gasteiger partial charge in [-0.25, -0.2) is 0 Å². The van der Waals surface area contributed by atoms with Gasteiger partial charge >= 0.3 is 0 Å². The highest BCUT2D eigenvalue weighted by Gasteiger charge is 2.35. The molecular weight excluding hydrogens is 242 g/mol. The Hall–Kier alpha value is -0.650. The highest BCUT2D eigenvalue weighted by Crippen LogP contribution is 2.17. The maximum absolute atomic E-state index is 12.1. The summed E-state index contributed by atoms with van der Waals surface area (Å²) in [5, 5.41) is 2.97. The summed E-state index contributed by atoms with van der Waals surface area (Å²) in [6.45, 7) is 11.3. The van der Waals surface area contributed by atoms with Gasteiger partial charge < -0.3 is 15.8 Å². The summed E-state index contributed by atoms with van der Waals surface area (Å²) in [6.07, 6.45) is 1.22. The molecule has 1 heterocycles. The first-order valence-corrected chi connectivity index (χ1v) is 7.27. The van der Waals surface area contributed by atoms with Crippen LogP contribution in [0, 0.1) is 0 Å². The number of nitrogens with two attached hydrogens (primary N) is 1. The molecule has 0 spiro atoms. The van der Waals surface area contributed by atoms with Crippen LogP contribution in [0.1, 0.15) is 40.5 Å². The highest BCUT2D eigenvalue weighted by molar-refractivity contribution is 5.86. The average Bonchev–Trinajstić information content (AvgIpc) is 2.34. The number of carbonyl (C=O) groups excluding carboxylic acids is 1. The van der Waals surface area contributed by atoms with Crippen LogP contribution in [-0.2, 0) is 9.53 Å². The largest absolute Gasteiger partial charge is 0.381 e. The highest BCUT2D eigenvalue weighted by atomic mass is 16.5. The molecule has 1 amide bonds. The number of rotatable bonds is 6. The third-order valence-electron chi connectivity index (χ3n) is 3.82. The smallest absolute Gasteiger partial charge is 0.240 e. The molecule has 0 aliphatic carbocycles. The molecule has 0 saturated carbocycles. The molecule has 112 valence electrons. The van der Waals surface area contributed by atoms with Crippen molar-refractivity contribution in [2.75, 3.05) is 26.3 Å². The summed E-state index contributed by atoms with van der Waals surface area (Å²) in [7, 11) is 0. The third kappa shape index (κ3) is 4.75. The van der Waals surface area contributed by atoms with Crippen molar-refractivity contribution in [2.24, 2.45) is 5.73 Å². The van der Waals surface area contributed by atoms with E-state index in [1.165, 1.54) is 0 Å². The van der Waals surface area contributed by atoms with Crippen molar-refractivity contribution in [1.29, 1.82) is 0 Å². The Morgan fingerprint density at radius 1 is 1.26 bits per heavy atom. The lowest BCUT2D eigenvalue weighted by Crippen LogP contribution is -2.57. The van der Waals surface area contributed by atoms with Gasteiger partial charge in [0, 0.05) is 38.4 Å². The minimum absolute atomic E-state index is 0.0386. The molecule has 0 aromatic heterocycles. The lowest BCUT2D eigenvalue weighted by atomic mass is 9.90. The fourth-order valence-corrected chi connectivity index (χ4v) is 2.55. The topological polar surface area (TPSA) is 67.6 Å². The summed E-state index contributed by atoms with van der Waals surface area (Å²) in [4.78, 5) is 14.5. The zero-order chi connectivity index (χ0) is 14.5. The van der Waals surface area contributed by atoms with Crippen molar-refractivity contribution in [3.63, 3.8) is 0 Å². The number of nitrogens with one attached hydrogen (secondary N) is 1. The van der Waals surface area contributed by atoms with Crippen molar-refractivity contribution >= 4 is 5.91 Å².